The largest absolute Gasteiger partial charge is 0.419 e. The normalized spacial score (nSPS) is 17.1. The minimum Gasteiger partial charge on any atom is -0.408 e. The van der Waals surface area contributed by atoms with Crippen molar-refractivity contribution in [3.05, 3.63) is 64.1 Å². The molecule has 1 aromatic heterocycles. The van der Waals surface area contributed by atoms with Crippen LogP contribution in [-0.2, 0) is 11.3 Å². The second-order valence-electron chi connectivity index (χ2n) is 8.69. The van der Waals surface area contributed by atoms with E-state index in [1.807, 2.05) is 25.1 Å². The van der Waals surface area contributed by atoms with Gasteiger partial charge in [-0.25, -0.2) is 4.79 Å². The fourth-order valence-corrected chi connectivity index (χ4v) is 4.45. The van der Waals surface area contributed by atoms with Crippen molar-refractivity contribution in [2.75, 3.05) is 45.6 Å². The molecular formula is C25H31N5O4. The molecule has 0 bridgehead atoms. The Bertz CT molecular complexity index is 1250. The first-order chi connectivity index (χ1) is 16.4. The maximum Gasteiger partial charge on any atom is 0.419 e. The predicted octanol–water partition coefficient (Wildman–Crippen LogP) is 2.29. The third kappa shape index (κ3) is 5.05. The number of piperazine rings is 1. The molecule has 9 heteroatoms. The topological polar surface area (TPSA) is 99.8 Å². The summed E-state index contributed by atoms with van der Waals surface area (Å²) in [5, 5.41) is 5.58. The molecule has 1 atom stereocenters. The van der Waals surface area contributed by atoms with Crippen molar-refractivity contribution < 1.29 is 14.0 Å². The Labute approximate surface area is 198 Å². The number of nitrogens with zero attached hydrogens (tertiary/aromatic N) is 3. The SMILES string of the molecule is CCCn1c(=O)oc2cc(NC(=O)CN3CCN(C)[C@@H](c4cccc(C(=O)NC)c4)C3)ccc21. The average molecular weight is 466 g/mol. The minimum atomic E-state index is -0.385. The number of carbonyl (C=O) groups excluding carboxylic acids is 2. The highest BCUT2D eigenvalue weighted by Crippen LogP contribution is 2.25. The molecule has 9 nitrogen and oxygen atoms in total. The number of hydrogen-bond acceptors (Lipinski definition) is 6. The van der Waals surface area contributed by atoms with Crippen molar-refractivity contribution >= 4 is 28.6 Å². The molecule has 3 aromatic rings. The summed E-state index contributed by atoms with van der Waals surface area (Å²) in [6, 6.07) is 13.0. The van der Waals surface area contributed by atoms with Gasteiger partial charge in [-0.15, -0.1) is 0 Å². The van der Waals surface area contributed by atoms with Crippen molar-refractivity contribution in [1.82, 2.24) is 19.7 Å². The van der Waals surface area contributed by atoms with Gasteiger partial charge in [-0.1, -0.05) is 19.1 Å². The molecule has 2 heterocycles. The Morgan fingerprint density at radius 2 is 1.97 bits per heavy atom. The highest BCUT2D eigenvalue weighted by molar-refractivity contribution is 5.94. The van der Waals surface area contributed by atoms with Gasteiger partial charge >= 0.3 is 5.76 Å². The predicted molar refractivity (Wildman–Crippen MR) is 131 cm³/mol. The van der Waals surface area contributed by atoms with Crippen LogP contribution in [0.5, 0.6) is 0 Å². The number of aryl methyl sites for hydroxylation is 1. The Morgan fingerprint density at radius 1 is 1.15 bits per heavy atom. The van der Waals surface area contributed by atoms with E-state index in [4.69, 9.17) is 4.42 Å². The standard InChI is InChI=1S/C25H31N5O4/c1-4-10-30-20-9-8-19(14-22(20)34-25(30)33)27-23(31)16-29-12-11-28(3)21(15-29)17-6-5-7-18(13-17)24(32)26-2/h5-9,13-14,21H,4,10-12,15-16H2,1-3H3,(H,26,32)(H,27,31)/t21-/m1/s1. The van der Waals surface area contributed by atoms with E-state index >= 15 is 0 Å². The second kappa shape index (κ2) is 10.2. The molecule has 2 N–H and O–H groups in total. The van der Waals surface area contributed by atoms with E-state index < -0.39 is 0 Å². The van der Waals surface area contributed by atoms with Crippen molar-refractivity contribution in [3.63, 3.8) is 0 Å². The van der Waals surface area contributed by atoms with Gasteiger partial charge in [0, 0.05) is 56.6 Å². The smallest absolute Gasteiger partial charge is 0.408 e. The second-order valence-corrected chi connectivity index (χ2v) is 8.69. The molecular weight excluding hydrogens is 434 g/mol. The van der Waals surface area contributed by atoms with Gasteiger partial charge in [0.25, 0.3) is 5.91 Å². The molecule has 2 aromatic carbocycles. The number of amides is 2. The van der Waals surface area contributed by atoms with Crippen molar-refractivity contribution in [2.24, 2.45) is 0 Å². The highest BCUT2D eigenvalue weighted by atomic mass is 16.4. The van der Waals surface area contributed by atoms with Crippen LogP contribution < -0.4 is 16.4 Å². The van der Waals surface area contributed by atoms with Gasteiger partial charge in [0.15, 0.2) is 5.58 Å². The Hall–Kier alpha value is -3.43. The van der Waals surface area contributed by atoms with Crippen molar-refractivity contribution in [3.8, 4) is 0 Å². The third-order valence-corrected chi connectivity index (χ3v) is 6.26. The molecule has 0 aliphatic carbocycles. The van der Waals surface area contributed by atoms with Gasteiger partial charge in [0.05, 0.1) is 12.1 Å². The summed E-state index contributed by atoms with van der Waals surface area (Å²) in [6.45, 7) is 5.09. The van der Waals surface area contributed by atoms with Crippen LogP contribution in [0.2, 0.25) is 0 Å². The van der Waals surface area contributed by atoms with Gasteiger partial charge in [-0.3, -0.25) is 24.0 Å². The first-order valence-corrected chi connectivity index (χ1v) is 11.6. The first-order valence-electron chi connectivity index (χ1n) is 11.6. The molecule has 0 radical (unpaired) electrons. The number of likely N-dealkylation sites (N-methyl/N-ethyl adjacent to an activating group) is 1. The van der Waals surface area contributed by atoms with Crippen LogP contribution in [0.1, 0.15) is 35.3 Å². The molecule has 0 spiro atoms. The van der Waals surface area contributed by atoms with E-state index in [0.29, 0.717) is 29.9 Å². The van der Waals surface area contributed by atoms with Crippen LogP contribution in [0.15, 0.2) is 51.7 Å². The molecule has 34 heavy (non-hydrogen) atoms. The highest BCUT2D eigenvalue weighted by Gasteiger charge is 2.27. The van der Waals surface area contributed by atoms with E-state index in [0.717, 1.165) is 30.6 Å². The lowest BCUT2D eigenvalue weighted by molar-refractivity contribution is -0.118. The molecule has 1 aliphatic rings. The van der Waals surface area contributed by atoms with Gasteiger partial charge < -0.3 is 15.1 Å². The lowest BCUT2D eigenvalue weighted by atomic mass is 10.00. The third-order valence-electron chi connectivity index (χ3n) is 6.26. The Balaban J connectivity index is 1.42. The van der Waals surface area contributed by atoms with Crippen LogP contribution in [-0.4, -0.2) is 66.5 Å². The molecule has 1 fully saturated rings. The summed E-state index contributed by atoms with van der Waals surface area (Å²) in [5.41, 5.74) is 3.46. The van der Waals surface area contributed by atoms with Crippen LogP contribution in [0.25, 0.3) is 11.1 Å². The van der Waals surface area contributed by atoms with Crippen molar-refractivity contribution in [2.45, 2.75) is 25.9 Å². The fraction of sp³-hybridized carbons (Fsp3) is 0.400. The number of fused-ring (bicyclic) bond motifs is 1. The number of anilines is 1. The fourth-order valence-electron chi connectivity index (χ4n) is 4.45. The quantitative estimate of drug-likeness (QED) is 0.556. The number of carbonyl (C=O) groups is 2. The minimum absolute atomic E-state index is 0.0788. The molecule has 4 rings (SSSR count). The molecule has 2 amide bonds. The Kier molecular flexibility index (Phi) is 7.14. The summed E-state index contributed by atoms with van der Waals surface area (Å²) < 4.78 is 6.95. The van der Waals surface area contributed by atoms with Crippen LogP contribution in [0.3, 0.4) is 0 Å². The number of rotatable bonds is 7. The number of aromatic nitrogens is 1. The van der Waals surface area contributed by atoms with Crippen molar-refractivity contribution in [1.29, 1.82) is 0 Å². The molecule has 1 aliphatic heterocycles. The lowest BCUT2D eigenvalue weighted by Crippen LogP contribution is -2.48. The summed E-state index contributed by atoms with van der Waals surface area (Å²) >= 11 is 0. The summed E-state index contributed by atoms with van der Waals surface area (Å²) in [6.07, 6.45) is 0.829. The molecule has 180 valence electrons. The lowest BCUT2D eigenvalue weighted by Gasteiger charge is -2.39. The number of benzene rings is 2. The van der Waals surface area contributed by atoms with Crippen LogP contribution in [0, 0.1) is 0 Å². The van der Waals surface area contributed by atoms with Gasteiger partial charge in [-0.05, 0) is 43.3 Å². The van der Waals surface area contributed by atoms with Crippen LogP contribution in [0.4, 0.5) is 5.69 Å². The first kappa shape index (κ1) is 23.7. The Morgan fingerprint density at radius 3 is 2.74 bits per heavy atom. The maximum atomic E-state index is 12.8. The van der Waals surface area contributed by atoms with E-state index in [1.165, 1.54) is 0 Å². The van der Waals surface area contributed by atoms with E-state index in [9.17, 15) is 14.4 Å². The summed E-state index contributed by atoms with van der Waals surface area (Å²) in [7, 11) is 3.68. The van der Waals surface area contributed by atoms with Crippen LogP contribution >= 0.6 is 0 Å². The van der Waals surface area contributed by atoms with Gasteiger partial charge in [0.1, 0.15) is 0 Å². The zero-order valence-corrected chi connectivity index (χ0v) is 19.8. The van der Waals surface area contributed by atoms with E-state index in [2.05, 4.69) is 27.5 Å². The number of hydrogen-bond donors (Lipinski definition) is 2. The van der Waals surface area contributed by atoms with Gasteiger partial charge in [-0.2, -0.15) is 0 Å². The monoisotopic (exact) mass is 465 g/mol. The van der Waals surface area contributed by atoms with E-state index in [-0.39, 0.29) is 30.2 Å². The average Bonchev–Trinajstić information content (AvgIpc) is 3.14. The number of nitrogens with one attached hydrogen (secondary N) is 2. The summed E-state index contributed by atoms with van der Waals surface area (Å²) in [5.74, 6) is -0.629. The number of oxazole rings is 1. The van der Waals surface area contributed by atoms with Gasteiger partial charge in [0.2, 0.25) is 5.91 Å². The molecule has 1 saturated heterocycles. The van der Waals surface area contributed by atoms with E-state index in [1.54, 1.807) is 35.9 Å². The molecule has 0 unspecified atom stereocenters. The maximum absolute atomic E-state index is 12.8. The zero-order chi connectivity index (χ0) is 24.2. The summed E-state index contributed by atoms with van der Waals surface area (Å²) in [4.78, 5) is 41.2. The zero-order valence-electron chi connectivity index (χ0n) is 19.8. The molecule has 0 saturated carbocycles.